The quantitative estimate of drug-likeness (QED) is 0.660. The molecule has 1 aliphatic rings. The van der Waals surface area contributed by atoms with Gasteiger partial charge in [-0.15, -0.1) is 14.8 Å². The van der Waals surface area contributed by atoms with Gasteiger partial charge in [0.25, 0.3) is 0 Å². The van der Waals surface area contributed by atoms with Crippen LogP contribution in [0.2, 0.25) is 5.02 Å². The Morgan fingerprint density at radius 1 is 0.960 bits per heavy atom. The largest absolute Gasteiger partial charge is 0.352 e. The minimum absolute atomic E-state index is 0.249. The molecule has 1 saturated heterocycles. The van der Waals surface area contributed by atoms with Crippen molar-refractivity contribution in [1.82, 2.24) is 29.6 Å². The summed E-state index contributed by atoms with van der Waals surface area (Å²) in [6.07, 6.45) is 0. The standard InChI is InChI=1S/C14H14ClN7O2S/c15-11-1-3-12(4-2-11)25(23,24)21-9-7-20(8-10-21)14-6-5-13-16-18-19-22(13)17-14/h1-6H,7-10H2. The molecular weight excluding hydrogens is 366 g/mol. The van der Waals surface area contributed by atoms with Crippen molar-refractivity contribution in [2.24, 2.45) is 0 Å². The molecule has 0 amide bonds. The summed E-state index contributed by atoms with van der Waals surface area (Å²) in [5, 5.41) is 16.0. The summed E-state index contributed by atoms with van der Waals surface area (Å²) >= 11 is 5.83. The van der Waals surface area contributed by atoms with Gasteiger partial charge in [-0.1, -0.05) is 11.6 Å². The lowest BCUT2D eigenvalue weighted by atomic mass is 10.3. The lowest BCUT2D eigenvalue weighted by Crippen LogP contribution is -2.49. The van der Waals surface area contributed by atoms with E-state index in [1.54, 1.807) is 18.2 Å². The number of piperazine rings is 1. The molecule has 3 heterocycles. The molecule has 4 rings (SSSR count). The van der Waals surface area contributed by atoms with Crippen molar-refractivity contribution in [2.45, 2.75) is 4.90 Å². The van der Waals surface area contributed by atoms with Gasteiger partial charge in [0.1, 0.15) is 0 Å². The molecule has 0 N–H and O–H groups in total. The summed E-state index contributed by atoms with van der Waals surface area (Å²) in [4.78, 5) is 2.26. The third-order valence-corrected chi connectivity index (χ3v) is 6.23. The van der Waals surface area contributed by atoms with E-state index in [0.29, 0.717) is 42.7 Å². The van der Waals surface area contributed by atoms with Crippen LogP contribution in [0.4, 0.5) is 5.82 Å². The summed E-state index contributed by atoms with van der Waals surface area (Å²) in [7, 11) is -3.52. The Labute approximate surface area is 148 Å². The van der Waals surface area contributed by atoms with Crippen LogP contribution in [0.25, 0.3) is 5.65 Å². The Morgan fingerprint density at radius 2 is 1.68 bits per heavy atom. The Hall–Kier alpha value is -2.30. The van der Waals surface area contributed by atoms with Gasteiger partial charge in [0.15, 0.2) is 11.5 Å². The summed E-state index contributed by atoms with van der Waals surface area (Å²) in [6, 6.07) is 9.81. The number of hydrogen-bond acceptors (Lipinski definition) is 7. The van der Waals surface area contributed by atoms with Crippen LogP contribution in [0.5, 0.6) is 0 Å². The van der Waals surface area contributed by atoms with E-state index in [-0.39, 0.29) is 4.90 Å². The number of fused-ring (bicyclic) bond motifs is 1. The number of hydrogen-bond donors (Lipinski definition) is 0. The molecule has 0 unspecified atom stereocenters. The molecule has 3 aromatic rings. The molecule has 0 atom stereocenters. The molecule has 0 aliphatic carbocycles. The van der Waals surface area contributed by atoms with Crippen molar-refractivity contribution in [3.8, 4) is 0 Å². The third-order valence-electron chi connectivity index (χ3n) is 4.07. The zero-order valence-corrected chi connectivity index (χ0v) is 14.6. The smallest absolute Gasteiger partial charge is 0.243 e. The topological polar surface area (TPSA) is 96.6 Å². The number of rotatable bonds is 3. The SMILES string of the molecule is O=S(=O)(c1ccc(Cl)cc1)N1CCN(c2ccc3nnnn3n2)CC1. The van der Waals surface area contributed by atoms with Crippen molar-refractivity contribution in [2.75, 3.05) is 31.1 Å². The van der Waals surface area contributed by atoms with Gasteiger partial charge < -0.3 is 4.90 Å². The maximum absolute atomic E-state index is 12.7. The van der Waals surface area contributed by atoms with Crippen molar-refractivity contribution >= 4 is 33.1 Å². The highest BCUT2D eigenvalue weighted by Gasteiger charge is 2.29. The fraction of sp³-hybridized carbons (Fsp3) is 0.286. The zero-order valence-electron chi connectivity index (χ0n) is 13.0. The summed E-state index contributed by atoms with van der Waals surface area (Å²) in [6.45, 7) is 1.82. The highest BCUT2D eigenvalue weighted by atomic mass is 35.5. The van der Waals surface area contributed by atoms with E-state index in [0.717, 1.165) is 0 Å². The molecule has 0 spiro atoms. The van der Waals surface area contributed by atoms with Crippen LogP contribution in [0.15, 0.2) is 41.3 Å². The van der Waals surface area contributed by atoms with Gasteiger partial charge >= 0.3 is 0 Å². The van der Waals surface area contributed by atoms with Crippen LogP contribution >= 0.6 is 11.6 Å². The second-order valence-electron chi connectivity index (χ2n) is 5.56. The van der Waals surface area contributed by atoms with Gasteiger partial charge in [-0.25, -0.2) is 8.42 Å². The van der Waals surface area contributed by atoms with E-state index in [4.69, 9.17) is 11.6 Å². The van der Waals surface area contributed by atoms with Crippen molar-refractivity contribution in [3.05, 3.63) is 41.4 Å². The first-order valence-electron chi connectivity index (χ1n) is 7.60. The van der Waals surface area contributed by atoms with Gasteiger partial charge in [0, 0.05) is 31.2 Å². The summed E-state index contributed by atoms with van der Waals surface area (Å²) < 4.78 is 28.2. The van der Waals surface area contributed by atoms with E-state index < -0.39 is 10.0 Å². The predicted molar refractivity (Wildman–Crippen MR) is 91.0 cm³/mol. The third kappa shape index (κ3) is 3.03. The highest BCUT2D eigenvalue weighted by Crippen LogP contribution is 2.21. The molecule has 0 bridgehead atoms. The highest BCUT2D eigenvalue weighted by molar-refractivity contribution is 7.89. The maximum atomic E-state index is 12.7. The van der Waals surface area contributed by atoms with Crippen LogP contribution in [-0.4, -0.2) is 64.2 Å². The predicted octanol–water partition coefficient (Wildman–Crippen LogP) is 0.684. The van der Waals surface area contributed by atoms with E-state index in [2.05, 4.69) is 20.6 Å². The minimum Gasteiger partial charge on any atom is -0.352 e. The molecule has 25 heavy (non-hydrogen) atoms. The number of tetrazole rings is 1. The maximum Gasteiger partial charge on any atom is 0.243 e. The number of anilines is 1. The van der Waals surface area contributed by atoms with E-state index in [1.807, 2.05) is 11.0 Å². The van der Waals surface area contributed by atoms with Gasteiger partial charge in [0.2, 0.25) is 10.0 Å². The summed E-state index contributed by atoms with van der Waals surface area (Å²) in [5.41, 5.74) is 0.563. The van der Waals surface area contributed by atoms with Crippen LogP contribution < -0.4 is 4.90 Å². The van der Waals surface area contributed by atoms with Crippen LogP contribution in [-0.2, 0) is 10.0 Å². The van der Waals surface area contributed by atoms with Gasteiger partial charge in [-0.3, -0.25) is 0 Å². The number of nitrogens with zero attached hydrogens (tertiary/aromatic N) is 7. The first-order valence-corrected chi connectivity index (χ1v) is 9.42. The average Bonchev–Trinajstić information content (AvgIpc) is 3.10. The molecule has 2 aromatic heterocycles. The van der Waals surface area contributed by atoms with Crippen molar-refractivity contribution in [1.29, 1.82) is 0 Å². The molecule has 9 nitrogen and oxygen atoms in total. The number of sulfonamides is 1. The summed E-state index contributed by atoms with van der Waals surface area (Å²) in [5.74, 6) is 0.711. The van der Waals surface area contributed by atoms with E-state index in [1.165, 1.54) is 21.1 Å². The van der Waals surface area contributed by atoms with Gasteiger partial charge in [-0.2, -0.15) is 4.31 Å². The van der Waals surface area contributed by atoms with Crippen LogP contribution in [0, 0.1) is 0 Å². The first-order chi connectivity index (χ1) is 12.0. The Morgan fingerprint density at radius 3 is 2.40 bits per heavy atom. The fourth-order valence-corrected chi connectivity index (χ4v) is 4.27. The minimum atomic E-state index is -3.52. The van der Waals surface area contributed by atoms with Crippen LogP contribution in [0.1, 0.15) is 0 Å². The van der Waals surface area contributed by atoms with Gasteiger partial charge in [-0.05, 0) is 46.8 Å². The number of aromatic nitrogens is 5. The molecule has 0 radical (unpaired) electrons. The average molecular weight is 380 g/mol. The number of halogens is 1. The second-order valence-corrected chi connectivity index (χ2v) is 7.94. The Bertz CT molecular complexity index is 997. The molecular formula is C14H14ClN7O2S. The van der Waals surface area contributed by atoms with Crippen LogP contribution in [0.3, 0.4) is 0 Å². The van der Waals surface area contributed by atoms with Crippen molar-refractivity contribution < 1.29 is 8.42 Å². The molecule has 11 heteroatoms. The fourth-order valence-electron chi connectivity index (χ4n) is 2.72. The molecule has 1 aromatic carbocycles. The van der Waals surface area contributed by atoms with E-state index >= 15 is 0 Å². The molecule has 1 fully saturated rings. The molecule has 1 aliphatic heterocycles. The van der Waals surface area contributed by atoms with Crippen molar-refractivity contribution in [3.63, 3.8) is 0 Å². The monoisotopic (exact) mass is 379 g/mol. The Kier molecular flexibility index (Phi) is 4.02. The lowest BCUT2D eigenvalue weighted by Gasteiger charge is -2.34. The second kappa shape index (κ2) is 6.21. The first kappa shape index (κ1) is 16.2. The van der Waals surface area contributed by atoms with E-state index in [9.17, 15) is 8.42 Å². The zero-order chi connectivity index (χ0) is 17.4. The van der Waals surface area contributed by atoms with Gasteiger partial charge in [0.05, 0.1) is 4.90 Å². The molecule has 0 saturated carbocycles. The lowest BCUT2D eigenvalue weighted by molar-refractivity contribution is 0.383. The normalized spacial score (nSPS) is 16.4. The Balaban J connectivity index is 1.49. The number of benzene rings is 1. The molecule has 130 valence electrons.